The van der Waals surface area contributed by atoms with Crippen LogP contribution in [-0.4, -0.2) is 49.8 Å². The summed E-state index contributed by atoms with van der Waals surface area (Å²) in [6.07, 6.45) is 9.22. The molecule has 1 saturated carbocycles. The second kappa shape index (κ2) is 7.55. The largest absolute Gasteiger partial charge is 0.478 e. The second-order valence-corrected chi connectivity index (χ2v) is 9.28. The topological polar surface area (TPSA) is 110 Å². The molecule has 1 saturated heterocycles. The molecule has 9 heteroatoms. The van der Waals surface area contributed by atoms with E-state index in [4.69, 9.17) is 10.7 Å². The van der Waals surface area contributed by atoms with Crippen LogP contribution in [0.2, 0.25) is 0 Å². The fraction of sp³-hybridized carbons (Fsp3) is 0.429. The summed E-state index contributed by atoms with van der Waals surface area (Å²) in [4.78, 5) is 20.0. The highest BCUT2D eigenvalue weighted by Gasteiger charge is 2.43. The van der Waals surface area contributed by atoms with Crippen LogP contribution in [0.1, 0.15) is 42.5 Å². The van der Waals surface area contributed by atoms with Crippen LogP contribution in [0.15, 0.2) is 46.6 Å². The molecule has 2 aliphatic rings. The van der Waals surface area contributed by atoms with Crippen molar-refractivity contribution < 1.29 is 9.90 Å². The Morgan fingerprint density at radius 3 is 2.73 bits per heavy atom. The van der Waals surface area contributed by atoms with Crippen LogP contribution in [-0.2, 0) is 0 Å². The summed E-state index contributed by atoms with van der Waals surface area (Å²) in [6, 6.07) is 7.26. The molecule has 2 aromatic heterocycles. The van der Waals surface area contributed by atoms with E-state index >= 15 is 0 Å². The number of piperidine rings is 1. The SMILES string of the molecule is N[C@@H]1CCCC12CCN(c1ncc(Sc3ccccc3C(=O)O)c3nncn13)CC2. The molecule has 3 heterocycles. The molecule has 0 bridgehead atoms. The highest BCUT2D eigenvalue weighted by atomic mass is 32.2. The van der Waals surface area contributed by atoms with Gasteiger partial charge >= 0.3 is 5.97 Å². The molecule has 1 spiro atoms. The van der Waals surface area contributed by atoms with E-state index in [1.54, 1.807) is 30.7 Å². The van der Waals surface area contributed by atoms with Crippen molar-refractivity contribution in [3.05, 3.63) is 42.4 Å². The lowest BCUT2D eigenvalue weighted by atomic mass is 9.74. The van der Waals surface area contributed by atoms with E-state index in [0.717, 1.165) is 43.2 Å². The maximum absolute atomic E-state index is 11.5. The van der Waals surface area contributed by atoms with Crippen molar-refractivity contribution in [2.24, 2.45) is 11.1 Å². The number of carboxylic acids is 1. The Morgan fingerprint density at radius 2 is 2.00 bits per heavy atom. The Hall–Kier alpha value is -2.65. The average molecular weight is 425 g/mol. The van der Waals surface area contributed by atoms with E-state index < -0.39 is 5.97 Å². The van der Waals surface area contributed by atoms with Crippen LogP contribution in [0.5, 0.6) is 0 Å². The van der Waals surface area contributed by atoms with Crippen LogP contribution in [0.3, 0.4) is 0 Å². The number of nitrogens with two attached hydrogens (primary N) is 1. The molecule has 3 N–H and O–H groups in total. The van der Waals surface area contributed by atoms with Crippen LogP contribution in [0, 0.1) is 5.41 Å². The molecular formula is C21H24N6O2S. The van der Waals surface area contributed by atoms with Gasteiger partial charge in [0.2, 0.25) is 5.95 Å². The van der Waals surface area contributed by atoms with Gasteiger partial charge in [0.15, 0.2) is 5.65 Å². The first kappa shape index (κ1) is 19.3. The standard InChI is InChI=1S/C21H24N6O2S/c22-17-6-3-7-21(17)8-10-26(11-9-21)20-23-12-16(18-25-24-13-27(18)20)30-15-5-2-1-4-14(15)19(28)29/h1-2,4-5,12-13,17H,3,6-11,22H2,(H,28,29)/t17-/m1/s1. The third-order valence-electron chi connectivity index (χ3n) is 6.64. The first-order valence-electron chi connectivity index (χ1n) is 10.3. The van der Waals surface area contributed by atoms with Gasteiger partial charge in [0.25, 0.3) is 0 Å². The monoisotopic (exact) mass is 424 g/mol. The zero-order chi connectivity index (χ0) is 20.7. The first-order chi connectivity index (χ1) is 14.6. The molecular weight excluding hydrogens is 400 g/mol. The molecule has 0 radical (unpaired) electrons. The van der Waals surface area contributed by atoms with E-state index in [9.17, 15) is 9.90 Å². The number of hydrogen-bond donors (Lipinski definition) is 2. The highest BCUT2D eigenvalue weighted by molar-refractivity contribution is 7.99. The smallest absolute Gasteiger partial charge is 0.336 e. The van der Waals surface area contributed by atoms with Crippen LogP contribution < -0.4 is 10.6 Å². The Kier molecular flexibility index (Phi) is 4.86. The molecule has 156 valence electrons. The molecule has 0 amide bonds. The van der Waals surface area contributed by atoms with E-state index in [1.807, 2.05) is 10.5 Å². The van der Waals surface area contributed by atoms with Crippen molar-refractivity contribution in [3.63, 3.8) is 0 Å². The minimum absolute atomic E-state index is 0.262. The minimum Gasteiger partial charge on any atom is -0.478 e. The fourth-order valence-electron chi connectivity index (χ4n) is 4.88. The summed E-state index contributed by atoms with van der Waals surface area (Å²) in [6.45, 7) is 1.84. The van der Waals surface area contributed by atoms with E-state index in [0.29, 0.717) is 22.0 Å². The molecule has 8 nitrogen and oxygen atoms in total. The number of rotatable bonds is 4. The zero-order valence-corrected chi connectivity index (χ0v) is 17.4. The summed E-state index contributed by atoms with van der Waals surface area (Å²) in [5.41, 5.74) is 7.66. The number of carboxylic acid groups (broad SMARTS) is 1. The molecule has 1 aliphatic heterocycles. The number of benzene rings is 1. The molecule has 1 aromatic carbocycles. The van der Waals surface area contributed by atoms with E-state index in [-0.39, 0.29) is 5.56 Å². The van der Waals surface area contributed by atoms with Crippen molar-refractivity contribution in [3.8, 4) is 0 Å². The maximum atomic E-state index is 11.5. The molecule has 1 aliphatic carbocycles. The zero-order valence-electron chi connectivity index (χ0n) is 16.6. The van der Waals surface area contributed by atoms with Crippen LogP contribution in [0.25, 0.3) is 5.65 Å². The third-order valence-corrected chi connectivity index (χ3v) is 7.72. The summed E-state index contributed by atoms with van der Waals surface area (Å²) in [7, 11) is 0. The molecule has 30 heavy (non-hydrogen) atoms. The number of nitrogens with zero attached hydrogens (tertiary/aromatic N) is 5. The number of fused-ring (bicyclic) bond motifs is 1. The Balaban J connectivity index is 1.42. The van der Waals surface area contributed by atoms with Gasteiger partial charge in [0.1, 0.15) is 6.33 Å². The van der Waals surface area contributed by atoms with Gasteiger partial charge in [-0.05, 0) is 43.2 Å². The Labute approximate surface area is 178 Å². The average Bonchev–Trinajstić information content (AvgIpc) is 3.37. The molecule has 3 aromatic rings. The predicted octanol–water partition coefficient (Wildman–Crippen LogP) is 3.07. The number of aromatic nitrogens is 4. The van der Waals surface area contributed by atoms with Gasteiger partial charge < -0.3 is 15.7 Å². The van der Waals surface area contributed by atoms with Crippen molar-refractivity contribution in [2.75, 3.05) is 18.0 Å². The Morgan fingerprint density at radius 1 is 1.20 bits per heavy atom. The van der Waals surface area contributed by atoms with Crippen molar-refractivity contribution in [1.29, 1.82) is 0 Å². The lowest BCUT2D eigenvalue weighted by Crippen LogP contribution is -2.47. The van der Waals surface area contributed by atoms with Gasteiger partial charge in [-0.2, -0.15) is 0 Å². The lowest BCUT2D eigenvalue weighted by molar-refractivity contribution is 0.0693. The lowest BCUT2D eigenvalue weighted by Gasteiger charge is -2.42. The van der Waals surface area contributed by atoms with Gasteiger partial charge in [0.05, 0.1) is 10.5 Å². The van der Waals surface area contributed by atoms with Crippen molar-refractivity contribution >= 4 is 29.3 Å². The predicted molar refractivity (Wildman–Crippen MR) is 114 cm³/mol. The normalized spacial score (nSPS) is 20.8. The van der Waals surface area contributed by atoms with Gasteiger partial charge in [-0.1, -0.05) is 30.3 Å². The second-order valence-electron chi connectivity index (χ2n) is 8.20. The van der Waals surface area contributed by atoms with Gasteiger partial charge in [-0.25, -0.2) is 14.2 Å². The minimum atomic E-state index is -0.951. The van der Waals surface area contributed by atoms with Gasteiger partial charge in [-0.3, -0.25) is 0 Å². The van der Waals surface area contributed by atoms with Crippen molar-refractivity contribution in [2.45, 2.75) is 47.9 Å². The van der Waals surface area contributed by atoms with Crippen molar-refractivity contribution in [1.82, 2.24) is 19.6 Å². The van der Waals surface area contributed by atoms with Crippen LogP contribution in [0.4, 0.5) is 5.95 Å². The maximum Gasteiger partial charge on any atom is 0.336 e. The summed E-state index contributed by atoms with van der Waals surface area (Å²) in [5, 5.41) is 17.8. The summed E-state index contributed by atoms with van der Waals surface area (Å²) in [5.74, 6) is -0.125. The molecule has 5 rings (SSSR count). The molecule has 2 fully saturated rings. The van der Waals surface area contributed by atoms with E-state index in [1.165, 1.54) is 24.6 Å². The first-order valence-corrected chi connectivity index (χ1v) is 11.1. The summed E-state index contributed by atoms with van der Waals surface area (Å²) < 4.78 is 1.90. The number of carbonyl (C=O) groups is 1. The quantitative estimate of drug-likeness (QED) is 0.658. The summed E-state index contributed by atoms with van der Waals surface area (Å²) >= 11 is 1.35. The Bertz CT molecular complexity index is 1090. The third kappa shape index (κ3) is 3.22. The number of aromatic carboxylic acids is 1. The fourth-order valence-corrected chi connectivity index (χ4v) is 5.87. The molecule has 1 atom stereocenters. The van der Waals surface area contributed by atoms with Crippen LogP contribution >= 0.6 is 11.8 Å². The molecule has 0 unspecified atom stereocenters. The highest BCUT2D eigenvalue weighted by Crippen LogP contribution is 2.46. The van der Waals surface area contributed by atoms with E-state index in [2.05, 4.69) is 15.1 Å². The van der Waals surface area contributed by atoms with Gasteiger partial charge in [-0.15, -0.1) is 10.2 Å². The number of hydrogen-bond acceptors (Lipinski definition) is 7. The number of anilines is 1. The van der Waals surface area contributed by atoms with Gasteiger partial charge in [0, 0.05) is 30.2 Å².